The molecule has 0 radical (unpaired) electrons. The lowest BCUT2D eigenvalue weighted by atomic mass is 9.87. The summed E-state index contributed by atoms with van der Waals surface area (Å²) < 4.78 is 0. The lowest BCUT2D eigenvalue weighted by molar-refractivity contribution is 0.0199. The van der Waals surface area contributed by atoms with Crippen LogP contribution in [0.5, 0.6) is 5.75 Å². The monoisotopic (exact) mass is 322 g/mol. The number of hydrogen-bond donors (Lipinski definition) is 3. The summed E-state index contributed by atoms with van der Waals surface area (Å²) in [7, 11) is 0. The van der Waals surface area contributed by atoms with Crippen molar-refractivity contribution in [3.8, 4) is 11.8 Å². The zero-order valence-electron chi connectivity index (χ0n) is 12.4. The van der Waals surface area contributed by atoms with Gasteiger partial charge in [0.15, 0.2) is 0 Å². The number of aliphatic hydroxyl groups excluding tert-OH is 1. The van der Waals surface area contributed by atoms with Gasteiger partial charge in [0, 0.05) is 29.4 Å². The summed E-state index contributed by atoms with van der Waals surface area (Å²) in [5.74, 6) is -0.170. The van der Waals surface area contributed by atoms with Gasteiger partial charge in [-0.2, -0.15) is 5.26 Å². The summed E-state index contributed by atoms with van der Waals surface area (Å²) in [4.78, 5) is 2.15. The van der Waals surface area contributed by atoms with Gasteiger partial charge >= 0.3 is 0 Å². The van der Waals surface area contributed by atoms with Crippen molar-refractivity contribution in [3.63, 3.8) is 0 Å². The Labute approximate surface area is 134 Å². The molecule has 2 heterocycles. The average Bonchev–Trinajstić information content (AvgIpc) is 2.71. The Morgan fingerprint density at radius 2 is 2.00 bits per heavy atom. The summed E-state index contributed by atoms with van der Waals surface area (Å²) in [5.41, 5.74) is 0.451. The highest BCUT2D eigenvalue weighted by Crippen LogP contribution is 2.47. The first-order valence-corrected chi connectivity index (χ1v) is 7.82. The van der Waals surface area contributed by atoms with Crippen LogP contribution in [0.25, 0.3) is 0 Å². The number of aromatic hydroxyl groups is 1. The van der Waals surface area contributed by atoms with Gasteiger partial charge in [-0.3, -0.25) is 0 Å². The molecule has 0 spiro atoms. The number of aliphatic hydroxyl groups is 2. The molecule has 0 amide bonds. The number of rotatable bonds is 2. The summed E-state index contributed by atoms with van der Waals surface area (Å²) in [6, 6.07) is 3.69. The molecule has 1 aromatic rings. The Balaban J connectivity index is 2.09. The second-order valence-corrected chi connectivity index (χ2v) is 6.93. The SMILES string of the molecule is CC1(O)C[C@H]2CC[C@@H](C1)N2c1cc(O)c(C#N)c(Cl)c1CO. The minimum absolute atomic E-state index is 0.00850. The molecule has 3 N–H and O–H groups in total. The second kappa shape index (κ2) is 5.31. The maximum atomic E-state index is 10.3. The van der Waals surface area contributed by atoms with Crippen molar-refractivity contribution in [1.29, 1.82) is 5.26 Å². The quantitative estimate of drug-likeness (QED) is 0.777. The van der Waals surface area contributed by atoms with Crippen molar-refractivity contribution in [2.45, 2.75) is 56.9 Å². The van der Waals surface area contributed by atoms with Crippen molar-refractivity contribution >= 4 is 17.3 Å². The van der Waals surface area contributed by atoms with Crippen molar-refractivity contribution in [1.82, 2.24) is 0 Å². The summed E-state index contributed by atoms with van der Waals surface area (Å²) in [6.45, 7) is 1.56. The van der Waals surface area contributed by atoms with E-state index in [1.807, 2.05) is 13.0 Å². The molecule has 5 nitrogen and oxygen atoms in total. The van der Waals surface area contributed by atoms with E-state index in [0.29, 0.717) is 24.1 Å². The largest absolute Gasteiger partial charge is 0.506 e. The minimum Gasteiger partial charge on any atom is -0.506 e. The molecule has 2 fully saturated rings. The van der Waals surface area contributed by atoms with Gasteiger partial charge in [0.2, 0.25) is 0 Å². The maximum Gasteiger partial charge on any atom is 0.136 e. The Bertz CT molecular complexity index is 638. The normalized spacial score (nSPS) is 30.4. The molecule has 0 saturated carbocycles. The minimum atomic E-state index is -0.680. The van der Waals surface area contributed by atoms with Crippen molar-refractivity contribution in [2.75, 3.05) is 4.90 Å². The topological polar surface area (TPSA) is 87.7 Å². The van der Waals surface area contributed by atoms with E-state index in [1.54, 1.807) is 0 Å². The van der Waals surface area contributed by atoms with Crippen LogP contribution < -0.4 is 4.90 Å². The Morgan fingerprint density at radius 3 is 2.50 bits per heavy atom. The third kappa shape index (κ3) is 2.32. The molecule has 2 aliphatic heterocycles. The molecule has 2 aliphatic rings. The molecule has 1 unspecified atom stereocenters. The number of fused-ring (bicyclic) bond motifs is 2. The molecular formula is C16H19ClN2O3. The molecule has 0 aromatic heterocycles. The van der Waals surface area contributed by atoms with Gasteiger partial charge in [-0.1, -0.05) is 11.6 Å². The molecule has 0 aliphatic carbocycles. The van der Waals surface area contributed by atoms with E-state index < -0.39 is 5.60 Å². The van der Waals surface area contributed by atoms with E-state index in [1.165, 1.54) is 6.07 Å². The van der Waals surface area contributed by atoms with Crippen LogP contribution in [0, 0.1) is 11.3 Å². The van der Waals surface area contributed by atoms with Gasteiger partial charge in [0.05, 0.1) is 17.2 Å². The number of halogens is 1. The number of anilines is 1. The number of phenolic OH excluding ortho intramolecular Hbond substituents is 1. The first kappa shape index (κ1) is 15.4. The number of nitrogens with zero attached hydrogens (tertiary/aromatic N) is 2. The third-order valence-corrected chi connectivity index (χ3v) is 5.26. The zero-order chi connectivity index (χ0) is 16.1. The average molecular weight is 323 g/mol. The molecule has 1 aromatic carbocycles. The molecular weight excluding hydrogens is 304 g/mol. The molecule has 22 heavy (non-hydrogen) atoms. The predicted octanol–water partition coefficient (Wildman–Crippen LogP) is 2.29. The molecule has 3 rings (SSSR count). The highest BCUT2D eigenvalue weighted by Gasteiger charge is 2.46. The zero-order valence-corrected chi connectivity index (χ0v) is 13.1. The number of piperidine rings is 1. The van der Waals surface area contributed by atoms with E-state index in [9.17, 15) is 15.3 Å². The number of nitriles is 1. The smallest absolute Gasteiger partial charge is 0.136 e. The first-order chi connectivity index (χ1) is 10.4. The van der Waals surface area contributed by atoms with Crippen LogP contribution >= 0.6 is 11.6 Å². The van der Waals surface area contributed by atoms with Crippen LogP contribution in [-0.4, -0.2) is 33.0 Å². The van der Waals surface area contributed by atoms with Gasteiger partial charge in [0.25, 0.3) is 0 Å². The van der Waals surface area contributed by atoms with Gasteiger partial charge < -0.3 is 20.2 Å². The van der Waals surface area contributed by atoms with Gasteiger partial charge in [-0.25, -0.2) is 0 Å². The van der Waals surface area contributed by atoms with Crippen LogP contribution in [0.2, 0.25) is 5.02 Å². The van der Waals surface area contributed by atoms with Crippen LogP contribution in [0.3, 0.4) is 0 Å². The maximum absolute atomic E-state index is 10.3. The summed E-state index contributed by atoms with van der Waals surface area (Å²) in [5, 5.41) is 39.3. The lowest BCUT2D eigenvalue weighted by Gasteiger charge is -2.44. The van der Waals surface area contributed by atoms with Gasteiger partial charge in [0.1, 0.15) is 17.4 Å². The fraction of sp³-hybridized carbons (Fsp3) is 0.562. The molecule has 3 atom stereocenters. The summed E-state index contributed by atoms with van der Waals surface area (Å²) >= 11 is 6.19. The highest BCUT2D eigenvalue weighted by atomic mass is 35.5. The Hall–Kier alpha value is -1.48. The predicted molar refractivity (Wildman–Crippen MR) is 82.9 cm³/mol. The van der Waals surface area contributed by atoms with E-state index in [-0.39, 0.29) is 35.0 Å². The molecule has 2 saturated heterocycles. The van der Waals surface area contributed by atoms with E-state index >= 15 is 0 Å². The lowest BCUT2D eigenvalue weighted by Crippen LogP contribution is -2.50. The van der Waals surface area contributed by atoms with Crippen molar-refractivity contribution in [2.24, 2.45) is 0 Å². The summed E-state index contributed by atoms with van der Waals surface area (Å²) in [6.07, 6.45) is 3.22. The van der Waals surface area contributed by atoms with Crippen LogP contribution in [0.4, 0.5) is 5.69 Å². The number of phenols is 1. The number of hydrogen-bond acceptors (Lipinski definition) is 5. The highest BCUT2D eigenvalue weighted by molar-refractivity contribution is 6.33. The fourth-order valence-electron chi connectivity index (χ4n) is 4.01. The number of benzene rings is 1. The van der Waals surface area contributed by atoms with Crippen LogP contribution in [-0.2, 0) is 6.61 Å². The third-order valence-electron chi connectivity index (χ3n) is 4.84. The van der Waals surface area contributed by atoms with Gasteiger partial charge in [-0.05, 0) is 32.6 Å². The van der Waals surface area contributed by atoms with Crippen LogP contribution in [0.15, 0.2) is 6.07 Å². The Morgan fingerprint density at radius 1 is 1.41 bits per heavy atom. The van der Waals surface area contributed by atoms with Crippen molar-refractivity contribution < 1.29 is 15.3 Å². The van der Waals surface area contributed by atoms with E-state index in [2.05, 4.69) is 4.90 Å². The standard InChI is InChI=1S/C16H19ClN2O3/c1-16(22)5-9-2-3-10(6-16)19(9)13-4-14(21)11(7-18)15(17)12(13)8-20/h4,9-10,20-22H,2-3,5-6,8H2,1H3/t9-,10+,16?. The fourth-order valence-corrected chi connectivity index (χ4v) is 4.30. The van der Waals surface area contributed by atoms with E-state index in [4.69, 9.17) is 16.9 Å². The first-order valence-electron chi connectivity index (χ1n) is 7.44. The second-order valence-electron chi connectivity index (χ2n) is 6.55. The van der Waals surface area contributed by atoms with Crippen molar-refractivity contribution in [3.05, 3.63) is 22.2 Å². The van der Waals surface area contributed by atoms with Crippen LogP contribution in [0.1, 0.15) is 43.7 Å². The van der Waals surface area contributed by atoms with E-state index in [0.717, 1.165) is 12.8 Å². The Kier molecular flexibility index (Phi) is 3.72. The van der Waals surface area contributed by atoms with Gasteiger partial charge in [-0.15, -0.1) is 0 Å². The molecule has 2 bridgehead atoms. The molecule has 118 valence electrons. The molecule has 6 heteroatoms.